The molecule has 9 heteroatoms. The van der Waals surface area contributed by atoms with Gasteiger partial charge in [0.05, 0.1) is 13.2 Å². The number of hydrogen-bond donors (Lipinski definition) is 3. The molecule has 286 valence electrons. The average Bonchev–Trinajstić information content (AvgIpc) is 3.11. The molecule has 0 bridgehead atoms. The zero-order valence-electron chi connectivity index (χ0n) is 31.1. The van der Waals surface area contributed by atoms with E-state index in [1.165, 1.54) is 57.8 Å². The van der Waals surface area contributed by atoms with Gasteiger partial charge in [-0.1, -0.05) is 150 Å². The van der Waals surface area contributed by atoms with E-state index in [1.54, 1.807) is 0 Å². The summed E-state index contributed by atoms with van der Waals surface area (Å²) in [7, 11) is -4.26. The van der Waals surface area contributed by atoms with Crippen LogP contribution in [-0.4, -0.2) is 48.4 Å². The lowest BCUT2D eigenvalue weighted by atomic mass is 10.0. The zero-order valence-corrected chi connectivity index (χ0v) is 32.0. The van der Waals surface area contributed by atoms with Crippen LogP contribution in [0.5, 0.6) is 0 Å². The molecule has 0 spiro atoms. The van der Waals surface area contributed by atoms with Crippen molar-refractivity contribution in [1.29, 1.82) is 0 Å². The van der Waals surface area contributed by atoms with Crippen LogP contribution in [0.15, 0.2) is 85.1 Å². The molecule has 0 heterocycles. The molecule has 0 saturated carbocycles. The normalized spacial score (nSPS) is 14.6. The van der Waals surface area contributed by atoms with Crippen LogP contribution in [0.2, 0.25) is 0 Å². The average molecular weight is 720 g/mol. The number of allylic oxidation sites excluding steroid dienone is 14. The van der Waals surface area contributed by atoms with E-state index in [0.717, 1.165) is 64.2 Å². The van der Waals surface area contributed by atoms with Crippen molar-refractivity contribution < 1.29 is 33.1 Å². The second kappa shape index (κ2) is 37.9. The van der Waals surface area contributed by atoms with Crippen molar-refractivity contribution in [2.75, 3.05) is 26.4 Å². The Labute approximate surface area is 304 Å². The Morgan fingerprint density at radius 3 is 1.44 bits per heavy atom. The van der Waals surface area contributed by atoms with Gasteiger partial charge in [0.1, 0.15) is 12.7 Å². The molecule has 0 aliphatic heterocycles. The molecular weight excluding hydrogens is 649 g/mol. The summed E-state index contributed by atoms with van der Waals surface area (Å²) in [5.41, 5.74) is 5.20. The first-order valence-electron chi connectivity index (χ1n) is 19.1. The Balaban J connectivity index is 3.48. The first-order chi connectivity index (χ1) is 24.4. The number of carbonyl (C=O) groups excluding carboxylic acids is 1. The van der Waals surface area contributed by atoms with Gasteiger partial charge in [-0.05, 0) is 64.2 Å². The number of rotatable bonds is 35. The van der Waals surface area contributed by atoms with Gasteiger partial charge >= 0.3 is 13.8 Å². The van der Waals surface area contributed by atoms with Gasteiger partial charge in [0.2, 0.25) is 0 Å². The number of carbonyl (C=O) groups is 1. The fraction of sp³-hybridized carbons (Fsp3) is 0.634. The fourth-order valence-corrected chi connectivity index (χ4v) is 5.50. The first-order valence-corrected chi connectivity index (χ1v) is 20.6. The second-order valence-electron chi connectivity index (χ2n) is 12.3. The molecule has 0 aromatic heterocycles. The van der Waals surface area contributed by atoms with E-state index in [9.17, 15) is 19.4 Å². The summed E-state index contributed by atoms with van der Waals surface area (Å²) < 4.78 is 25.7. The maximum absolute atomic E-state index is 11.8. The first kappa shape index (κ1) is 47.7. The van der Waals surface area contributed by atoms with Crippen LogP contribution in [0.1, 0.15) is 135 Å². The van der Waals surface area contributed by atoms with E-state index in [1.807, 2.05) is 0 Å². The van der Waals surface area contributed by atoms with Gasteiger partial charge in [0, 0.05) is 13.0 Å². The van der Waals surface area contributed by atoms with Gasteiger partial charge in [0.15, 0.2) is 0 Å². The third kappa shape index (κ3) is 38.5. The molecule has 0 aliphatic rings. The maximum Gasteiger partial charge on any atom is 0.472 e. The summed E-state index contributed by atoms with van der Waals surface area (Å²) in [5, 5.41) is 9.76. The maximum atomic E-state index is 11.8. The molecule has 0 fully saturated rings. The third-order valence-corrected chi connectivity index (χ3v) is 8.51. The molecule has 4 N–H and O–H groups in total. The lowest BCUT2D eigenvalue weighted by molar-refractivity contribution is -0.147. The Bertz CT molecular complexity index is 1030. The number of phosphoric ester groups is 1. The van der Waals surface area contributed by atoms with Crippen LogP contribution in [0, 0.1) is 0 Å². The molecule has 0 aromatic carbocycles. The lowest BCUT2D eigenvalue weighted by Gasteiger charge is -2.15. The van der Waals surface area contributed by atoms with Gasteiger partial charge in [-0.3, -0.25) is 13.8 Å². The summed E-state index contributed by atoms with van der Waals surface area (Å²) in [6, 6.07) is 0. The predicted octanol–water partition coefficient (Wildman–Crippen LogP) is 10.7. The Kier molecular flexibility index (Phi) is 36.2. The summed E-state index contributed by atoms with van der Waals surface area (Å²) >= 11 is 0. The molecule has 0 aliphatic carbocycles. The van der Waals surface area contributed by atoms with Crippen molar-refractivity contribution in [2.24, 2.45) is 5.73 Å². The van der Waals surface area contributed by atoms with E-state index in [0.29, 0.717) is 6.42 Å². The topological polar surface area (TPSA) is 128 Å². The molecular formula is C41H70NO7P. The molecule has 0 saturated heterocycles. The van der Waals surface area contributed by atoms with Crippen molar-refractivity contribution in [3.05, 3.63) is 85.1 Å². The SMILES string of the molecule is CC/C=C\C/C=C\C/C=C\C/C=C\C/C=C\C/C=C\C/C=C\CCCCCCCCCCCCCC(=O)OCC(O)COP(=O)(O)OCCN. The highest BCUT2D eigenvalue weighted by atomic mass is 31.2. The number of esters is 1. The number of aliphatic hydroxyl groups excluding tert-OH is 1. The summed E-state index contributed by atoms with van der Waals surface area (Å²) in [4.78, 5) is 21.2. The van der Waals surface area contributed by atoms with Crippen LogP contribution in [0.4, 0.5) is 0 Å². The number of unbranched alkanes of at least 4 members (excludes halogenated alkanes) is 11. The molecule has 0 amide bonds. The largest absolute Gasteiger partial charge is 0.472 e. The van der Waals surface area contributed by atoms with E-state index in [-0.39, 0.29) is 19.8 Å². The second-order valence-corrected chi connectivity index (χ2v) is 13.7. The van der Waals surface area contributed by atoms with E-state index >= 15 is 0 Å². The molecule has 50 heavy (non-hydrogen) atoms. The molecule has 0 rings (SSSR count). The number of ether oxygens (including phenoxy) is 1. The fourth-order valence-electron chi connectivity index (χ4n) is 4.73. The molecule has 2 atom stereocenters. The standard InChI is InChI=1S/C41H70NO7P/c1-2-3-4-5-6-7-8-9-10-11-12-13-14-15-16-17-18-19-20-21-22-23-24-25-26-27-28-29-30-31-32-33-34-35-41(44)47-38-40(43)39-49-50(45,46)48-37-36-42/h3-4,6-7,9-10,12-13,15-16,18-19,21-22,40,43H,2,5,8,11,14,17,20,23-39,42H2,1H3,(H,45,46)/b4-3-,7-6-,10-9-,13-12-,16-15-,19-18-,22-21-. The lowest BCUT2D eigenvalue weighted by Crippen LogP contribution is -2.23. The third-order valence-electron chi connectivity index (χ3n) is 7.53. The van der Waals surface area contributed by atoms with E-state index in [4.69, 9.17) is 10.5 Å². The zero-order chi connectivity index (χ0) is 36.6. The van der Waals surface area contributed by atoms with Crippen LogP contribution in [0.25, 0.3) is 0 Å². The van der Waals surface area contributed by atoms with E-state index in [2.05, 4.69) is 101 Å². The minimum absolute atomic E-state index is 0.0703. The van der Waals surface area contributed by atoms with Gasteiger partial charge in [-0.25, -0.2) is 4.57 Å². The number of hydrogen-bond acceptors (Lipinski definition) is 7. The van der Waals surface area contributed by atoms with E-state index < -0.39 is 26.5 Å². The monoisotopic (exact) mass is 719 g/mol. The minimum Gasteiger partial charge on any atom is -0.463 e. The summed E-state index contributed by atoms with van der Waals surface area (Å²) in [5.74, 6) is -0.393. The quantitative estimate of drug-likeness (QED) is 0.0255. The summed E-state index contributed by atoms with van der Waals surface area (Å²) in [6.07, 6.45) is 51.8. The van der Waals surface area contributed by atoms with Gasteiger partial charge in [-0.2, -0.15) is 0 Å². The van der Waals surface area contributed by atoms with Crippen molar-refractivity contribution in [1.82, 2.24) is 0 Å². The van der Waals surface area contributed by atoms with Crippen molar-refractivity contribution >= 4 is 13.8 Å². The summed E-state index contributed by atoms with van der Waals surface area (Å²) in [6.45, 7) is 1.32. The molecule has 0 radical (unpaired) electrons. The Morgan fingerprint density at radius 2 is 1.00 bits per heavy atom. The molecule has 0 aromatic rings. The molecule has 2 unspecified atom stereocenters. The number of phosphoric acid groups is 1. The minimum atomic E-state index is -4.26. The highest BCUT2D eigenvalue weighted by Crippen LogP contribution is 2.42. The van der Waals surface area contributed by atoms with Crippen molar-refractivity contribution in [3.8, 4) is 0 Å². The van der Waals surface area contributed by atoms with Crippen LogP contribution >= 0.6 is 7.82 Å². The van der Waals surface area contributed by atoms with Crippen molar-refractivity contribution in [2.45, 2.75) is 141 Å². The molecule has 8 nitrogen and oxygen atoms in total. The number of nitrogens with two attached hydrogens (primary N) is 1. The van der Waals surface area contributed by atoms with Gasteiger partial charge in [-0.15, -0.1) is 0 Å². The number of aliphatic hydroxyl groups is 1. The highest BCUT2D eigenvalue weighted by Gasteiger charge is 2.22. The smallest absolute Gasteiger partial charge is 0.463 e. The van der Waals surface area contributed by atoms with Crippen molar-refractivity contribution in [3.63, 3.8) is 0 Å². The predicted molar refractivity (Wildman–Crippen MR) is 210 cm³/mol. The van der Waals surface area contributed by atoms with Gasteiger partial charge in [0.25, 0.3) is 0 Å². The Hall–Kier alpha value is -2.32. The Morgan fingerprint density at radius 1 is 0.600 bits per heavy atom. The van der Waals surface area contributed by atoms with Crippen LogP contribution in [-0.2, 0) is 23.1 Å². The van der Waals surface area contributed by atoms with Gasteiger partial charge < -0.3 is 20.5 Å². The highest BCUT2D eigenvalue weighted by molar-refractivity contribution is 7.47. The van der Waals surface area contributed by atoms with Crippen LogP contribution < -0.4 is 5.73 Å². The van der Waals surface area contributed by atoms with Crippen LogP contribution in [0.3, 0.4) is 0 Å².